The highest BCUT2D eigenvalue weighted by Gasteiger charge is 2.34. The third-order valence-corrected chi connectivity index (χ3v) is 28.4. The van der Waals surface area contributed by atoms with Crippen molar-refractivity contribution in [3.8, 4) is 0 Å². The van der Waals surface area contributed by atoms with E-state index in [1.165, 1.54) is 69.7 Å². The summed E-state index contributed by atoms with van der Waals surface area (Å²) in [7, 11) is 6.36. The maximum absolute atomic E-state index is 12.1. The summed E-state index contributed by atoms with van der Waals surface area (Å²) in [5, 5.41) is 27.8. The highest BCUT2D eigenvalue weighted by molar-refractivity contribution is 9.11. The molecule has 6 aromatic heterocycles. The van der Waals surface area contributed by atoms with E-state index in [1.54, 1.807) is 19.2 Å². The highest BCUT2D eigenvalue weighted by Crippen LogP contribution is 2.38. The molecule has 132 heavy (non-hydrogen) atoms. The average molecular weight is 1960 g/mol. The number of hydrogen-bond acceptors (Lipinski definition) is 39. The van der Waals surface area contributed by atoms with Crippen LogP contribution in [0, 0.1) is 30.6 Å². The van der Waals surface area contributed by atoms with Crippen molar-refractivity contribution in [3.05, 3.63) is 169 Å². The topological polar surface area (TPSA) is 388 Å². The van der Waals surface area contributed by atoms with Gasteiger partial charge in [0, 0.05) is 159 Å². The summed E-state index contributed by atoms with van der Waals surface area (Å²) in [6.45, 7) is 17.7. The van der Waals surface area contributed by atoms with Crippen LogP contribution in [0.4, 0.5) is 51.9 Å². The first-order valence-corrected chi connectivity index (χ1v) is 50.3. The molecule has 11 heterocycles. The number of thiazole rings is 2. The fraction of sp³-hybridized carbons (Fsp3) is 0.424. The largest absolute Gasteiger partial charge is 0.463 e. The van der Waals surface area contributed by atoms with Crippen LogP contribution in [0.5, 0.6) is 0 Å². The van der Waals surface area contributed by atoms with Crippen molar-refractivity contribution in [2.75, 3.05) is 162 Å². The van der Waals surface area contributed by atoms with Crippen molar-refractivity contribution < 1.29 is 33.8 Å². The Balaban J connectivity index is 0.000000129. The second-order valence-electron chi connectivity index (χ2n) is 33.5. The molecule has 4 aliphatic carbocycles. The van der Waals surface area contributed by atoms with Gasteiger partial charge in [-0.25, -0.2) is 19.7 Å². The van der Waals surface area contributed by atoms with E-state index in [9.17, 15) is 29.1 Å². The number of carbonyl (C=O) groups excluding carboxylic acids is 5. The molecule has 33 nitrogen and oxygen atoms in total. The number of aliphatic hydroxyl groups is 1. The molecule has 0 spiro atoms. The minimum absolute atomic E-state index is 0.00452. The van der Waals surface area contributed by atoms with E-state index in [1.807, 2.05) is 122 Å². The third kappa shape index (κ3) is 28.5. The maximum atomic E-state index is 12.1. The van der Waals surface area contributed by atoms with Crippen molar-refractivity contribution >= 4 is 178 Å². The molecule has 5 N–H and O–H groups in total. The van der Waals surface area contributed by atoms with Crippen LogP contribution in [0.1, 0.15) is 99.0 Å². The molecule has 0 bridgehead atoms. The van der Waals surface area contributed by atoms with Crippen LogP contribution in [0.15, 0.2) is 186 Å². The monoisotopic (exact) mass is 1960 g/mol. The van der Waals surface area contributed by atoms with Gasteiger partial charge in [0.15, 0.2) is 30.9 Å². The minimum atomic E-state index is -0.365. The number of ether oxygens (including phenoxy) is 1. The lowest BCUT2D eigenvalue weighted by molar-refractivity contribution is -0.138. The van der Waals surface area contributed by atoms with Gasteiger partial charge in [-0.3, -0.25) is 39.8 Å². The molecule has 4 aromatic carbocycles. The smallest absolute Gasteiger partial charge is 0.336 e. The first kappa shape index (κ1) is 94.7. The average Bonchev–Trinajstić information content (AvgIpc) is 1.21. The number of benzene rings is 4. The summed E-state index contributed by atoms with van der Waals surface area (Å²) >= 11 is 12.4. The first-order valence-electron chi connectivity index (χ1n) is 44.5. The molecule has 19 rings (SSSR count). The normalized spacial score (nSPS) is 16.8. The molecule has 3 saturated heterocycles. The molecule has 0 amide bonds. The number of aryl methyl sites for hydroxylation is 2. The minimum Gasteiger partial charge on any atom is -0.463 e. The maximum Gasteiger partial charge on any atom is 0.336 e. The van der Waals surface area contributed by atoms with Crippen molar-refractivity contribution in [1.29, 1.82) is 0 Å². The Kier molecular flexibility index (Phi) is 32.6. The van der Waals surface area contributed by atoms with E-state index < -0.39 is 0 Å². The lowest BCUT2D eigenvalue weighted by Crippen LogP contribution is -2.45. The molecule has 9 aliphatic rings. The molecule has 0 atom stereocenters. The number of nitrogens with one attached hydrogen (secondary N) is 4. The number of Topliss-reactive ketones (excluding diaryl/α,β-unsaturated/α-hetero) is 4. The number of aliphatic imine (C=N–C) groups is 2. The Morgan fingerprint density at radius 1 is 0.439 bits per heavy atom. The van der Waals surface area contributed by atoms with Crippen molar-refractivity contribution in [2.24, 2.45) is 33.7 Å². The highest BCUT2D eigenvalue weighted by atomic mass is 79.9. The molecule has 40 heteroatoms. The molecule has 4 saturated carbocycles. The number of anilines is 9. The van der Waals surface area contributed by atoms with Crippen LogP contribution < -0.4 is 36.0 Å². The van der Waals surface area contributed by atoms with E-state index in [4.69, 9.17) is 19.7 Å². The lowest BCUT2D eigenvalue weighted by Gasteiger charge is -2.32. The zero-order chi connectivity index (χ0) is 91.6. The van der Waals surface area contributed by atoms with E-state index in [-0.39, 0.29) is 25.0 Å². The number of halogens is 1. The SMILES string of the molecule is CCOC(=O)C1=CC(Nc2nc(Sc3ccc(CC(=O)C4CC4)cc3)nc(N3CCN(C)CC3)n2)=NC1.CCc1nc(NC2=NCC(CO)=C2)nc(Sc2ccc(CC(=O)C3CC3)cc2)n1.CN1CCN(c2nc(Nc3ncc(Br)s3)nc(Sc3ccc(CC(=O)C4CC4)cc3)n2)CC1.Cc1csc(Nc2nc(Sc3ccc(CC(=O)C4CC4)cc3)nc(N3CCN(C)CC3)n2)n1. The van der Waals surface area contributed by atoms with Crippen LogP contribution in [-0.4, -0.2) is 256 Å². The van der Waals surface area contributed by atoms with Gasteiger partial charge in [0.25, 0.3) is 0 Å². The lowest BCUT2D eigenvalue weighted by atomic mass is 10.1. The quantitative estimate of drug-likeness (QED) is 0.0238. The number of rotatable bonds is 33. The van der Waals surface area contributed by atoms with E-state index >= 15 is 0 Å². The van der Waals surface area contributed by atoms with E-state index in [0.29, 0.717) is 171 Å². The van der Waals surface area contributed by atoms with Crippen LogP contribution in [0.3, 0.4) is 0 Å². The van der Waals surface area contributed by atoms with Crippen molar-refractivity contribution in [2.45, 2.75) is 144 Å². The summed E-state index contributed by atoms with van der Waals surface area (Å²) in [5.41, 5.74) is 6.50. The zero-order valence-electron chi connectivity index (χ0n) is 74.4. The predicted octanol–water partition coefficient (Wildman–Crippen LogP) is 13.5. The Morgan fingerprint density at radius 2 is 0.795 bits per heavy atom. The number of nitrogens with zero attached hydrogens (tertiary/aromatic N) is 22. The molecule has 0 unspecified atom stereocenters. The Hall–Kier alpha value is -10.5. The van der Waals surface area contributed by atoms with Gasteiger partial charge in [-0.15, -0.1) is 11.3 Å². The van der Waals surface area contributed by atoms with Crippen molar-refractivity contribution in [1.82, 2.24) is 84.5 Å². The number of ketones is 4. The number of piperazine rings is 3. The van der Waals surface area contributed by atoms with Crippen LogP contribution in [0.25, 0.3) is 0 Å². The van der Waals surface area contributed by atoms with Crippen LogP contribution in [-0.2, 0) is 60.8 Å². The van der Waals surface area contributed by atoms with Gasteiger partial charge in [0.2, 0.25) is 41.6 Å². The Morgan fingerprint density at radius 3 is 1.13 bits per heavy atom. The predicted molar refractivity (Wildman–Crippen MR) is 521 cm³/mol. The number of hydrogen-bond donors (Lipinski definition) is 5. The molecule has 0 radical (unpaired) electrons. The number of carbonyl (C=O) groups is 5. The molecule has 5 aliphatic heterocycles. The van der Waals surface area contributed by atoms with Crippen LogP contribution in [0.2, 0.25) is 0 Å². The summed E-state index contributed by atoms with van der Waals surface area (Å²) in [6, 6.07) is 32.3. The van der Waals surface area contributed by atoms with Gasteiger partial charge in [0.05, 0.1) is 47.6 Å². The standard InChI is InChI=1S/C26H31N7O3S.C23H27N7OS2.C22H24BrN7OS2.C21H23N5O2S/c1-3-36-23(35)19-15-22(27-16-19)28-24-29-25(33-12-10-32(2)11-13-33)31-26(30-24)37-20-8-4-17(5-9-20)14-21(34)18-6-7-18;1-15-14-32-22(24-15)26-20-25-21(30-11-9-29(2)10-12-30)28-23(27-20)33-18-7-3-16(4-8-18)13-19(31)17-5-6-17;1-29-8-10-30(11-9-29)20-25-19(26-21-24-13-18(23)33-21)27-22(28-20)32-16-6-2-14(3-7-16)12-17(31)15-4-5-15;1-2-18-23-20(24-19-10-14(12-27)11-22-19)26-21(25-18)29-16-7-3-13(4-8-16)9-17(28)15-5-6-15/h4-5,8-9,15,18H,3,6-7,10-14,16H2,1-2H3,(H,27,28,29,30,31);3-4,7-8,14,17H,5-6,9-13H2,1-2H3,(H,24,25,26,27,28);2-3,6-7,13,15H,4-5,8-12H2,1H3,(H,24,25,26,27,28);3-4,7-8,10,15,27H,2,5-6,9,11-12H2,1H3,(H,22,23,24,25,26). The summed E-state index contributed by atoms with van der Waals surface area (Å²) in [4.78, 5) is 151. The molecular formula is C92H105BrN26O7S6. The molecular weight excluding hydrogens is 1850 g/mol. The fourth-order valence-electron chi connectivity index (χ4n) is 14.2. The van der Waals surface area contributed by atoms with Gasteiger partial charge in [-0.2, -0.15) is 54.8 Å². The van der Waals surface area contributed by atoms with E-state index in [2.05, 4.69) is 153 Å². The van der Waals surface area contributed by atoms with Gasteiger partial charge in [0.1, 0.15) is 40.6 Å². The number of aliphatic hydroxyl groups excluding tert-OH is 1. The summed E-state index contributed by atoms with van der Waals surface area (Å²) in [6.07, 6.45) is 16.3. The summed E-state index contributed by atoms with van der Waals surface area (Å²) < 4.78 is 6.02. The molecule has 688 valence electrons. The molecule has 7 fully saturated rings. The van der Waals surface area contributed by atoms with E-state index in [0.717, 1.165) is 197 Å². The second-order valence-corrected chi connectivity index (χ2v) is 40.9. The number of aromatic nitrogens is 14. The summed E-state index contributed by atoms with van der Waals surface area (Å²) in [5.74, 6) is 7.79. The van der Waals surface area contributed by atoms with Gasteiger partial charge < -0.3 is 49.9 Å². The Bertz CT molecular complexity index is 5680. The zero-order valence-corrected chi connectivity index (χ0v) is 80.9. The third-order valence-electron chi connectivity index (χ3n) is 22.6. The van der Waals surface area contributed by atoms with Crippen molar-refractivity contribution in [3.63, 3.8) is 0 Å². The first-order chi connectivity index (χ1) is 64.1. The number of likely N-dealkylation sites (N-methyl/N-ethyl adjacent to an activating group) is 3. The van der Waals surface area contributed by atoms with Gasteiger partial charge in [-0.05, 0) is 238 Å². The van der Waals surface area contributed by atoms with Gasteiger partial charge in [-0.1, -0.05) is 66.8 Å². The molecule has 10 aromatic rings. The fourth-order valence-corrected chi connectivity index (χ4v) is 19.0. The second kappa shape index (κ2) is 45.5. The van der Waals surface area contributed by atoms with Crippen LogP contribution >= 0.6 is 85.7 Å². The van der Waals surface area contributed by atoms with Gasteiger partial charge >= 0.3 is 5.97 Å². The number of esters is 1. The Labute approximate surface area is 800 Å². The number of amidine groups is 2.